The first kappa shape index (κ1) is 21.4. The number of ketones is 1. The number of carbonyl (C=O) groups excluding carboxylic acids is 5. The lowest BCUT2D eigenvalue weighted by atomic mass is 9.85. The first-order valence-corrected chi connectivity index (χ1v) is 9.85. The summed E-state index contributed by atoms with van der Waals surface area (Å²) in [6.45, 7) is 4.23. The van der Waals surface area contributed by atoms with Gasteiger partial charge in [0.1, 0.15) is 6.04 Å². The van der Waals surface area contributed by atoms with Gasteiger partial charge in [0.25, 0.3) is 5.91 Å². The molecule has 0 bridgehead atoms. The number of carbonyl (C=O) groups is 5. The van der Waals surface area contributed by atoms with Gasteiger partial charge in [-0.25, -0.2) is 4.79 Å². The molecular formula is C22H24N2O6. The zero-order valence-electron chi connectivity index (χ0n) is 17.1. The van der Waals surface area contributed by atoms with Gasteiger partial charge in [0.05, 0.1) is 11.8 Å². The highest BCUT2D eigenvalue weighted by molar-refractivity contribution is 6.08. The molecule has 4 unspecified atom stereocenters. The third kappa shape index (κ3) is 4.17. The fourth-order valence-electron chi connectivity index (χ4n) is 3.70. The molecule has 1 saturated heterocycles. The molecule has 1 heterocycles. The molecule has 0 radical (unpaired) electrons. The van der Waals surface area contributed by atoms with E-state index in [0.717, 1.165) is 4.90 Å². The van der Waals surface area contributed by atoms with Gasteiger partial charge in [0.15, 0.2) is 11.9 Å². The number of fused-ring (bicyclic) bond motifs is 1. The average Bonchev–Trinajstić information content (AvgIpc) is 2.98. The molecule has 1 aliphatic carbocycles. The highest BCUT2D eigenvalue weighted by Gasteiger charge is 2.50. The number of Topliss-reactive ketones (excluding diaryl/α,β-unsaturated/α-hetero) is 1. The van der Waals surface area contributed by atoms with Gasteiger partial charge < -0.3 is 10.1 Å². The van der Waals surface area contributed by atoms with E-state index in [2.05, 4.69) is 5.32 Å². The maximum absolute atomic E-state index is 12.6. The molecule has 8 nitrogen and oxygen atoms in total. The van der Waals surface area contributed by atoms with Crippen LogP contribution in [-0.2, 0) is 23.9 Å². The van der Waals surface area contributed by atoms with E-state index >= 15 is 0 Å². The second-order valence-electron chi connectivity index (χ2n) is 7.58. The van der Waals surface area contributed by atoms with E-state index in [1.165, 1.54) is 26.8 Å². The third-order valence-corrected chi connectivity index (χ3v) is 5.47. The van der Waals surface area contributed by atoms with Crippen molar-refractivity contribution in [2.24, 2.45) is 11.8 Å². The SMILES string of the molecule is CC(=O)c1cccc(NC(=O)C(C)OC(=O)C(C)N2C(=O)C3CC=CCC3C2=O)c1. The number of amides is 3. The predicted octanol–water partition coefficient (Wildman–Crippen LogP) is 2.10. The van der Waals surface area contributed by atoms with Crippen molar-refractivity contribution in [1.82, 2.24) is 4.90 Å². The Labute approximate surface area is 174 Å². The number of esters is 1. The summed E-state index contributed by atoms with van der Waals surface area (Å²) in [6.07, 6.45) is 3.54. The lowest BCUT2D eigenvalue weighted by Gasteiger charge is -2.23. The number of nitrogens with zero attached hydrogens (tertiary/aromatic N) is 1. The molecule has 1 aliphatic heterocycles. The number of rotatable bonds is 6. The molecule has 1 aromatic carbocycles. The number of imide groups is 1. The number of allylic oxidation sites excluding steroid dienone is 2. The van der Waals surface area contributed by atoms with Gasteiger partial charge in [0, 0.05) is 11.3 Å². The quantitative estimate of drug-likeness (QED) is 0.332. The van der Waals surface area contributed by atoms with Crippen LogP contribution in [0, 0.1) is 11.8 Å². The Balaban J connectivity index is 1.61. The Morgan fingerprint density at radius 2 is 1.67 bits per heavy atom. The van der Waals surface area contributed by atoms with E-state index in [1.54, 1.807) is 18.2 Å². The molecule has 4 atom stereocenters. The fraction of sp³-hybridized carbons (Fsp3) is 0.409. The van der Waals surface area contributed by atoms with E-state index < -0.39 is 35.9 Å². The molecule has 8 heteroatoms. The number of likely N-dealkylation sites (tertiary alicyclic amines) is 1. The van der Waals surface area contributed by atoms with Crippen LogP contribution in [0.5, 0.6) is 0 Å². The summed E-state index contributed by atoms with van der Waals surface area (Å²) in [5, 5.41) is 2.58. The van der Waals surface area contributed by atoms with Crippen LogP contribution in [0.3, 0.4) is 0 Å². The average molecular weight is 412 g/mol. The Hall–Kier alpha value is -3.29. The summed E-state index contributed by atoms with van der Waals surface area (Å²) in [7, 11) is 0. The van der Waals surface area contributed by atoms with Crippen LogP contribution in [-0.4, -0.2) is 46.5 Å². The number of hydrogen-bond acceptors (Lipinski definition) is 6. The Kier molecular flexibility index (Phi) is 6.14. The molecule has 30 heavy (non-hydrogen) atoms. The van der Waals surface area contributed by atoms with Crippen LogP contribution in [0.4, 0.5) is 5.69 Å². The number of nitrogens with one attached hydrogen (secondary N) is 1. The zero-order valence-corrected chi connectivity index (χ0v) is 17.1. The molecule has 2 aliphatic rings. The van der Waals surface area contributed by atoms with Crippen LogP contribution in [0.2, 0.25) is 0 Å². The summed E-state index contributed by atoms with van der Waals surface area (Å²) in [5.41, 5.74) is 0.832. The molecular weight excluding hydrogens is 388 g/mol. The van der Waals surface area contributed by atoms with Gasteiger partial charge >= 0.3 is 5.97 Å². The standard InChI is InChI=1S/C22H24N2O6/c1-12(24-20(27)17-9-4-5-10-18(17)21(24)28)22(29)30-14(3)19(26)23-16-8-6-7-15(11-16)13(2)25/h4-8,11-12,14,17-18H,9-10H2,1-3H3,(H,23,26). The first-order valence-electron chi connectivity index (χ1n) is 9.85. The fourth-order valence-corrected chi connectivity index (χ4v) is 3.70. The summed E-state index contributed by atoms with van der Waals surface area (Å²) in [5.74, 6) is -3.19. The minimum Gasteiger partial charge on any atom is -0.451 e. The van der Waals surface area contributed by atoms with Crippen molar-refractivity contribution in [1.29, 1.82) is 0 Å². The second-order valence-corrected chi connectivity index (χ2v) is 7.58. The molecule has 3 rings (SSSR count). The van der Waals surface area contributed by atoms with E-state index in [0.29, 0.717) is 24.1 Å². The van der Waals surface area contributed by atoms with E-state index in [4.69, 9.17) is 4.74 Å². The Morgan fingerprint density at radius 3 is 2.23 bits per heavy atom. The molecule has 0 saturated carbocycles. The van der Waals surface area contributed by atoms with Crippen LogP contribution in [0.1, 0.15) is 44.0 Å². The Bertz CT molecular complexity index is 911. The Morgan fingerprint density at radius 1 is 1.07 bits per heavy atom. The van der Waals surface area contributed by atoms with Crippen molar-refractivity contribution in [3.05, 3.63) is 42.0 Å². The summed E-state index contributed by atoms with van der Waals surface area (Å²) in [4.78, 5) is 62.5. The van der Waals surface area contributed by atoms with E-state index in [9.17, 15) is 24.0 Å². The lowest BCUT2D eigenvalue weighted by Crippen LogP contribution is -2.46. The first-order chi connectivity index (χ1) is 14.2. The third-order valence-electron chi connectivity index (χ3n) is 5.47. The van der Waals surface area contributed by atoms with Crippen LogP contribution < -0.4 is 5.32 Å². The molecule has 0 spiro atoms. The highest BCUT2D eigenvalue weighted by Crippen LogP contribution is 2.36. The van der Waals surface area contributed by atoms with Crippen LogP contribution in [0.15, 0.2) is 36.4 Å². The van der Waals surface area contributed by atoms with Gasteiger partial charge in [0.2, 0.25) is 11.8 Å². The predicted molar refractivity (Wildman–Crippen MR) is 107 cm³/mol. The molecule has 1 fully saturated rings. The van der Waals surface area contributed by atoms with Gasteiger partial charge in [-0.1, -0.05) is 24.3 Å². The molecule has 0 aromatic heterocycles. The molecule has 3 amide bonds. The topological polar surface area (TPSA) is 110 Å². The number of anilines is 1. The van der Waals surface area contributed by atoms with E-state index in [1.807, 2.05) is 12.2 Å². The summed E-state index contributed by atoms with van der Waals surface area (Å²) < 4.78 is 5.21. The van der Waals surface area contributed by atoms with E-state index in [-0.39, 0.29) is 17.6 Å². The van der Waals surface area contributed by atoms with Crippen LogP contribution >= 0.6 is 0 Å². The monoisotopic (exact) mass is 412 g/mol. The zero-order chi connectivity index (χ0) is 22.0. The molecule has 1 N–H and O–H groups in total. The van der Waals surface area contributed by atoms with Gasteiger partial charge in [-0.3, -0.25) is 24.1 Å². The van der Waals surface area contributed by atoms with Crippen molar-refractivity contribution in [3.8, 4) is 0 Å². The van der Waals surface area contributed by atoms with Gasteiger partial charge in [-0.2, -0.15) is 0 Å². The smallest absolute Gasteiger partial charge is 0.329 e. The minimum absolute atomic E-state index is 0.143. The number of ether oxygens (including phenoxy) is 1. The van der Waals surface area contributed by atoms with Crippen molar-refractivity contribution in [2.45, 2.75) is 45.8 Å². The summed E-state index contributed by atoms with van der Waals surface area (Å²) in [6, 6.07) is 5.27. The van der Waals surface area contributed by atoms with Crippen molar-refractivity contribution in [3.63, 3.8) is 0 Å². The largest absolute Gasteiger partial charge is 0.451 e. The van der Waals surface area contributed by atoms with Crippen molar-refractivity contribution in [2.75, 3.05) is 5.32 Å². The number of benzene rings is 1. The van der Waals surface area contributed by atoms with Crippen molar-refractivity contribution >= 4 is 35.2 Å². The lowest BCUT2D eigenvalue weighted by molar-refractivity contribution is -0.163. The molecule has 158 valence electrons. The maximum atomic E-state index is 12.6. The van der Waals surface area contributed by atoms with Crippen LogP contribution in [0.25, 0.3) is 0 Å². The van der Waals surface area contributed by atoms with Gasteiger partial charge in [-0.15, -0.1) is 0 Å². The molecule has 1 aromatic rings. The maximum Gasteiger partial charge on any atom is 0.329 e. The summed E-state index contributed by atoms with van der Waals surface area (Å²) >= 11 is 0. The van der Waals surface area contributed by atoms with Gasteiger partial charge in [-0.05, 0) is 45.7 Å². The number of hydrogen-bond donors (Lipinski definition) is 1. The minimum atomic E-state index is -1.15. The highest BCUT2D eigenvalue weighted by atomic mass is 16.5. The second kappa shape index (κ2) is 8.61. The normalized spacial score (nSPS) is 22.3. The van der Waals surface area contributed by atoms with Crippen molar-refractivity contribution < 1.29 is 28.7 Å².